The lowest BCUT2D eigenvalue weighted by Crippen LogP contribution is -2.28. The molecule has 1 heterocycles. The first-order chi connectivity index (χ1) is 13.9. The Morgan fingerprint density at radius 3 is 2.55 bits per heavy atom. The number of carbonyl (C=O) groups is 3. The molecule has 1 fully saturated rings. The van der Waals surface area contributed by atoms with E-state index in [1.807, 2.05) is 38.1 Å². The molecule has 0 radical (unpaired) electrons. The van der Waals surface area contributed by atoms with Crippen LogP contribution in [-0.2, 0) is 9.59 Å². The number of ether oxygens (including phenoxy) is 1. The van der Waals surface area contributed by atoms with E-state index in [1.54, 1.807) is 30.1 Å². The van der Waals surface area contributed by atoms with Crippen LogP contribution in [0.2, 0.25) is 0 Å². The molecule has 1 aliphatic rings. The summed E-state index contributed by atoms with van der Waals surface area (Å²) < 4.78 is 5.43. The summed E-state index contributed by atoms with van der Waals surface area (Å²) in [7, 11) is 1.56. The second-order valence-electron chi connectivity index (χ2n) is 6.93. The highest BCUT2D eigenvalue weighted by Crippen LogP contribution is 2.28. The van der Waals surface area contributed by atoms with Crippen LogP contribution in [0.15, 0.2) is 42.5 Å². The number of aryl methyl sites for hydroxylation is 1. The van der Waals surface area contributed by atoms with E-state index in [2.05, 4.69) is 10.6 Å². The van der Waals surface area contributed by atoms with E-state index in [0.29, 0.717) is 24.4 Å². The van der Waals surface area contributed by atoms with Crippen molar-refractivity contribution >= 4 is 29.1 Å². The van der Waals surface area contributed by atoms with Gasteiger partial charge in [-0.2, -0.15) is 0 Å². The number of carbonyl (C=O) groups excluding carboxylic acids is 3. The Labute approximate surface area is 170 Å². The third kappa shape index (κ3) is 4.56. The normalized spacial score (nSPS) is 15.9. The predicted octanol–water partition coefficient (Wildman–Crippen LogP) is 2.74. The average molecular weight is 395 g/mol. The molecule has 2 N–H and O–H groups in total. The molecule has 2 aromatic carbocycles. The zero-order chi connectivity index (χ0) is 21.0. The van der Waals surface area contributed by atoms with Gasteiger partial charge in [-0.3, -0.25) is 14.4 Å². The van der Waals surface area contributed by atoms with E-state index in [9.17, 15) is 14.4 Å². The van der Waals surface area contributed by atoms with Gasteiger partial charge >= 0.3 is 0 Å². The van der Waals surface area contributed by atoms with Gasteiger partial charge < -0.3 is 20.3 Å². The highest BCUT2D eigenvalue weighted by atomic mass is 16.5. The third-order valence-corrected chi connectivity index (χ3v) is 4.94. The molecular weight excluding hydrogens is 370 g/mol. The van der Waals surface area contributed by atoms with E-state index in [1.165, 1.54) is 0 Å². The number of rotatable bonds is 6. The van der Waals surface area contributed by atoms with Gasteiger partial charge in [0, 0.05) is 37.0 Å². The Hall–Kier alpha value is -3.35. The maximum Gasteiger partial charge on any atom is 0.251 e. The van der Waals surface area contributed by atoms with Crippen molar-refractivity contribution in [3.05, 3.63) is 53.6 Å². The molecule has 3 rings (SSSR count). The number of hydrogen-bond donors (Lipinski definition) is 2. The first kappa shape index (κ1) is 20.4. The SMILES string of the molecule is CCOc1ccc(N2CC(C(=O)Nc3cc(C(=O)NC)ccc3C)CC2=O)cc1. The van der Waals surface area contributed by atoms with Gasteiger partial charge in [-0.25, -0.2) is 0 Å². The van der Waals surface area contributed by atoms with Crippen molar-refractivity contribution < 1.29 is 19.1 Å². The summed E-state index contributed by atoms with van der Waals surface area (Å²) in [6, 6.07) is 12.4. The molecule has 0 aromatic heterocycles. The lowest BCUT2D eigenvalue weighted by Gasteiger charge is -2.17. The fourth-order valence-corrected chi connectivity index (χ4v) is 3.30. The van der Waals surface area contributed by atoms with E-state index in [-0.39, 0.29) is 24.1 Å². The van der Waals surface area contributed by atoms with Crippen molar-refractivity contribution in [2.45, 2.75) is 20.3 Å². The second kappa shape index (κ2) is 8.77. The first-order valence-corrected chi connectivity index (χ1v) is 9.59. The van der Waals surface area contributed by atoms with Crippen LogP contribution >= 0.6 is 0 Å². The van der Waals surface area contributed by atoms with Crippen molar-refractivity contribution in [2.75, 3.05) is 30.4 Å². The smallest absolute Gasteiger partial charge is 0.251 e. The minimum atomic E-state index is -0.461. The monoisotopic (exact) mass is 395 g/mol. The lowest BCUT2D eigenvalue weighted by atomic mass is 10.1. The molecule has 1 aliphatic heterocycles. The Morgan fingerprint density at radius 2 is 1.90 bits per heavy atom. The molecule has 0 saturated carbocycles. The maximum absolute atomic E-state index is 12.8. The Morgan fingerprint density at radius 1 is 1.17 bits per heavy atom. The molecule has 152 valence electrons. The maximum atomic E-state index is 12.8. The predicted molar refractivity (Wildman–Crippen MR) is 111 cm³/mol. The Bertz CT molecular complexity index is 924. The second-order valence-corrected chi connectivity index (χ2v) is 6.93. The summed E-state index contributed by atoms with van der Waals surface area (Å²) in [4.78, 5) is 38.7. The van der Waals surface area contributed by atoms with Gasteiger partial charge in [-0.1, -0.05) is 6.07 Å². The highest BCUT2D eigenvalue weighted by Gasteiger charge is 2.35. The zero-order valence-electron chi connectivity index (χ0n) is 16.8. The average Bonchev–Trinajstić information content (AvgIpc) is 3.11. The lowest BCUT2D eigenvalue weighted by molar-refractivity contribution is -0.122. The van der Waals surface area contributed by atoms with Crippen molar-refractivity contribution in [2.24, 2.45) is 5.92 Å². The molecule has 0 aliphatic carbocycles. The summed E-state index contributed by atoms with van der Waals surface area (Å²) in [6.45, 7) is 4.65. The van der Waals surface area contributed by atoms with Crippen LogP contribution in [0, 0.1) is 12.8 Å². The summed E-state index contributed by atoms with van der Waals surface area (Å²) in [5, 5.41) is 5.44. The van der Waals surface area contributed by atoms with Crippen LogP contribution in [0.5, 0.6) is 5.75 Å². The van der Waals surface area contributed by atoms with Crippen LogP contribution in [0.3, 0.4) is 0 Å². The highest BCUT2D eigenvalue weighted by molar-refractivity contribution is 6.04. The van der Waals surface area contributed by atoms with Crippen molar-refractivity contribution in [3.63, 3.8) is 0 Å². The largest absolute Gasteiger partial charge is 0.494 e. The summed E-state index contributed by atoms with van der Waals surface area (Å²) in [6.07, 6.45) is 0.146. The Kier molecular flexibility index (Phi) is 6.16. The van der Waals surface area contributed by atoms with Gasteiger partial charge in [-0.05, 0) is 55.8 Å². The van der Waals surface area contributed by atoms with Crippen LogP contribution in [0.1, 0.15) is 29.3 Å². The number of benzene rings is 2. The molecular formula is C22H25N3O4. The van der Waals surface area contributed by atoms with Gasteiger partial charge in [0.15, 0.2) is 0 Å². The van der Waals surface area contributed by atoms with Gasteiger partial charge in [0.1, 0.15) is 5.75 Å². The van der Waals surface area contributed by atoms with Gasteiger partial charge in [0.05, 0.1) is 12.5 Å². The fourth-order valence-electron chi connectivity index (χ4n) is 3.30. The summed E-state index contributed by atoms with van der Waals surface area (Å²) in [5.74, 6) is -0.270. The van der Waals surface area contributed by atoms with E-state index in [0.717, 1.165) is 17.0 Å². The zero-order valence-corrected chi connectivity index (χ0v) is 16.8. The van der Waals surface area contributed by atoms with E-state index in [4.69, 9.17) is 4.74 Å². The minimum absolute atomic E-state index is 0.0925. The molecule has 1 unspecified atom stereocenters. The first-order valence-electron chi connectivity index (χ1n) is 9.59. The van der Waals surface area contributed by atoms with Gasteiger partial charge in [0.25, 0.3) is 5.91 Å². The van der Waals surface area contributed by atoms with Gasteiger partial charge in [-0.15, -0.1) is 0 Å². The van der Waals surface area contributed by atoms with Gasteiger partial charge in [0.2, 0.25) is 11.8 Å². The molecule has 2 aromatic rings. The van der Waals surface area contributed by atoms with Crippen molar-refractivity contribution in [3.8, 4) is 5.75 Å². The fraction of sp³-hybridized carbons (Fsp3) is 0.318. The topological polar surface area (TPSA) is 87.7 Å². The van der Waals surface area contributed by atoms with E-state index >= 15 is 0 Å². The molecule has 7 heteroatoms. The number of amides is 3. The van der Waals surface area contributed by atoms with E-state index < -0.39 is 5.92 Å². The quantitative estimate of drug-likeness (QED) is 0.787. The molecule has 0 spiro atoms. The minimum Gasteiger partial charge on any atom is -0.494 e. The summed E-state index contributed by atoms with van der Waals surface area (Å²) >= 11 is 0. The van der Waals surface area contributed by atoms with Crippen LogP contribution in [-0.4, -0.2) is 37.9 Å². The van der Waals surface area contributed by atoms with Crippen LogP contribution < -0.4 is 20.3 Å². The third-order valence-electron chi connectivity index (χ3n) is 4.94. The number of hydrogen-bond acceptors (Lipinski definition) is 4. The van der Waals surface area contributed by atoms with Crippen molar-refractivity contribution in [1.29, 1.82) is 0 Å². The van der Waals surface area contributed by atoms with Crippen molar-refractivity contribution in [1.82, 2.24) is 5.32 Å². The standard InChI is InChI=1S/C22H25N3O4/c1-4-29-18-9-7-17(8-10-18)25-13-16(12-20(25)26)22(28)24-19-11-15(21(27)23-3)6-5-14(19)2/h5-11,16H,4,12-13H2,1-3H3,(H,23,27)(H,24,28). The van der Waals surface area contributed by atoms with Crippen LogP contribution in [0.25, 0.3) is 0 Å². The molecule has 7 nitrogen and oxygen atoms in total. The molecule has 1 saturated heterocycles. The number of nitrogens with zero attached hydrogens (tertiary/aromatic N) is 1. The number of anilines is 2. The molecule has 0 bridgehead atoms. The summed E-state index contributed by atoms with van der Waals surface area (Å²) in [5.41, 5.74) is 2.63. The molecule has 1 atom stereocenters. The molecule has 29 heavy (non-hydrogen) atoms. The van der Waals surface area contributed by atoms with Crippen LogP contribution in [0.4, 0.5) is 11.4 Å². The molecule has 3 amide bonds. The Balaban J connectivity index is 1.70. The number of nitrogens with one attached hydrogen (secondary N) is 2.